The van der Waals surface area contributed by atoms with Gasteiger partial charge in [0.15, 0.2) is 0 Å². The third kappa shape index (κ3) is 5.23. The first-order chi connectivity index (χ1) is 13.7. The number of likely N-dealkylation sites (tertiary alicyclic amines) is 1. The number of piperidine rings is 1. The van der Waals surface area contributed by atoms with Crippen LogP contribution in [0.1, 0.15) is 46.3 Å². The highest BCUT2D eigenvalue weighted by Crippen LogP contribution is 2.21. The van der Waals surface area contributed by atoms with E-state index < -0.39 is 0 Å². The molecule has 0 radical (unpaired) electrons. The Labute approximate surface area is 168 Å². The van der Waals surface area contributed by atoms with Gasteiger partial charge in [0.25, 0.3) is 5.91 Å². The normalized spacial score (nSPS) is 14.5. The van der Waals surface area contributed by atoms with Crippen LogP contribution in [0.15, 0.2) is 55.1 Å². The van der Waals surface area contributed by atoms with Gasteiger partial charge in [-0.15, -0.1) is 6.58 Å². The zero-order valence-electron chi connectivity index (χ0n) is 16.7. The number of benzene rings is 2. The fraction of sp³-hybridized carbons (Fsp3) is 0.375. The predicted molar refractivity (Wildman–Crippen MR) is 114 cm³/mol. The van der Waals surface area contributed by atoms with E-state index >= 15 is 0 Å². The molecule has 4 nitrogen and oxygen atoms in total. The van der Waals surface area contributed by atoms with Crippen molar-refractivity contribution in [1.82, 2.24) is 10.2 Å². The first kappa shape index (κ1) is 20.2. The molecular formula is C24H30N2O2. The van der Waals surface area contributed by atoms with Gasteiger partial charge in [0.2, 0.25) is 0 Å². The molecule has 1 N–H and O–H groups in total. The van der Waals surface area contributed by atoms with Crippen molar-refractivity contribution in [2.24, 2.45) is 0 Å². The van der Waals surface area contributed by atoms with Gasteiger partial charge in [-0.2, -0.15) is 0 Å². The number of hydrogen-bond donors (Lipinski definition) is 1. The Morgan fingerprint density at radius 3 is 2.57 bits per heavy atom. The summed E-state index contributed by atoms with van der Waals surface area (Å²) in [4.78, 5) is 15.2. The van der Waals surface area contributed by atoms with E-state index in [1.54, 1.807) is 13.2 Å². The molecule has 1 aliphatic heterocycles. The van der Waals surface area contributed by atoms with Crippen LogP contribution in [-0.2, 0) is 19.5 Å². The van der Waals surface area contributed by atoms with Crippen molar-refractivity contribution in [2.45, 2.75) is 38.8 Å². The van der Waals surface area contributed by atoms with Crippen LogP contribution < -0.4 is 10.1 Å². The molecule has 1 fully saturated rings. The third-order valence-corrected chi connectivity index (χ3v) is 5.31. The lowest BCUT2D eigenvalue weighted by Crippen LogP contribution is -2.30. The molecule has 0 spiro atoms. The van der Waals surface area contributed by atoms with E-state index in [9.17, 15) is 4.79 Å². The number of allylic oxidation sites excluding steroid dienone is 1. The Balaban J connectivity index is 1.66. The number of methoxy groups -OCH3 is 1. The van der Waals surface area contributed by atoms with Crippen LogP contribution in [0.5, 0.6) is 5.75 Å². The van der Waals surface area contributed by atoms with Gasteiger partial charge in [-0.3, -0.25) is 9.69 Å². The van der Waals surface area contributed by atoms with Crippen molar-refractivity contribution in [2.75, 3.05) is 20.2 Å². The highest BCUT2D eigenvalue weighted by Gasteiger charge is 2.14. The van der Waals surface area contributed by atoms with Crippen LogP contribution in [0.2, 0.25) is 0 Å². The SMILES string of the molecule is C=CCc1cc(C(=O)NCc2ccccc2CN2CCCCC2)ccc1OC. The minimum Gasteiger partial charge on any atom is -0.496 e. The molecule has 0 aliphatic carbocycles. The minimum absolute atomic E-state index is 0.0688. The fourth-order valence-electron chi connectivity index (χ4n) is 3.76. The van der Waals surface area contributed by atoms with Gasteiger partial charge in [0, 0.05) is 18.7 Å². The van der Waals surface area contributed by atoms with E-state index in [4.69, 9.17) is 4.74 Å². The molecule has 1 saturated heterocycles. The smallest absolute Gasteiger partial charge is 0.251 e. The number of nitrogens with zero attached hydrogens (tertiary/aromatic N) is 1. The molecule has 0 bridgehead atoms. The summed E-state index contributed by atoms with van der Waals surface area (Å²) < 4.78 is 5.37. The molecule has 2 aromatic carbocycles. The Kier molecular flexibility index (Phi) is 7.26. The number of carbonyl (C=O) groups is 1. The van der Waals surface area contributed by atoms with Gasteiger partial charge in [0.05, 0.1) is 7.11 Å². The maximum absolute atomic E-state index is 12.7. The van der Waals surface area contributed by atoms with Crippen molar-refractivity contribution < 1.29 is 9.53 Å². The summed E-state index contributed by atoms with van der Waals surface area (Å²) in [5, 5.41) is 3.08. The molecule has 3 rings (SSSR count). The zero-order chi connectivity index (χ0) is 19.8. The van der Waals surface area contributed by atoms with Crippen molar-refractivity contribution in [3.8, 4) is 5.75 Å². The molecule has 1 aliphatic rings. The highest BCUT2D eigenvalue weighted by molar-refractivity contribution is 5.94. The molecular weight excluding hydrogens is 348 g/mol. The minimum atomic E-state index is -0.0688. The van der Waals surface area contributed by atoms with Crippen molar-refractivity contribution in [1.29, 1.82) is 0 Å². The molecule has 0 atom stereocenters. The number of carbonyl (C=O) groups excluding carboxylic acids is 1. The van der Waals surface area contributed by atoms with Crippen LogP contribution in [0.25, 0.3) is 0 Å². The Morgan fingerprint density at radius 1 is 1.11 bits per heavy atom. The summed E-state index contributed by atoms with van der Waals surface area (Å²) >= 11 is 0. The average molecular weight is 379 g/mol. The monoisotopic (exact) mass is 378 g/mol. The summed E-state index contributed by atoms with van der Waals surface area (Å²) in [6.45, 7) is 7.60. The van der Waals surface area contributed by atoms with Gasteiger partial charge < -0.3 is 10.1 Å². The molecule has 28 heavy (non-hydrogen) atoms. The predicted octanol–water partition coefficient (Wildman–Crippen LogP) is 4.34. The first-order valence-electron chi connectivity index (χ1n) is 10.1. The van der Waals surface area contributed by atoms with Gasteiger partial charge in [0.1, 0.15) is 5.75 Å². The quantitative estimate of drug-likeness (QED) is 0.695. The molecule has 0 aromatic heterocycles. The maximum atomic E-state index is 12.7. The average Bonchev–Trinajstić information content (AvgIpc) is 2.74. The van der Waals surface area contributed by atoms with Crippen LogP contribution in [0.3, 0.4) is 0 Å². The molecule has 148 valence electrons. The Hall–Kier alpha value is -2.59. The van der Waals surface area contributed by atoms with Crippen LogP contribution >= 0.6 is 0 Å². The van der Waals surface area contributed by atoms with E-state index in [1.165, 1.54) is 43.5 Å². The van der Waals surface area contributed by atoms with Crippen LogP contribution in [0, 0.1) is 0 Å². The molecule has 4 heteroatoms. The summed E-state index contributed by atoms with van der Waals surface area (Å²) in [5.74, 6) is 0.712. The molecule has 1 amide bonds. The van der Waals surface area contributed by atoms with E-state index in [2.05, 4.69) is 35.0 Å². The van der Waals surface area contributed by atoms with E-state index in [0.717, 1.165) is 17.9 Å². The lowest BCUT2D eigenvalue weighted by Gasteiger charge is -2.27. The summed E-state index contributed by atoms with van der Waals surface area (Å²) in [7, 11) is 1.64. The summed E-state index contributed by atoms with van der Waals surface area (Å²) in [5.41, 5.74) is 4.09. The molecule has 0 saturated carbocycles. The lowest BCUT2D eigenvalue weighted by molar-refractivity contribution is 0.0950. The Bertz CT molecular complexity index is 810. The summed E-state index contributed by atoms with van der Waals surface area (Å²) in [6.07, 6.45) is 6.38. The van der Waals surface area contributed by atoms with E-state index in [0.29, 0.717) is 18.5 Å². The van der Waals surface area contributed by atoms with Crippen LogP contribution in [0.4, 0.5) is 0 Å². The number of hydrogen-bond acceptors (Lipinski definition) is 3. The molecule has 2 aromatic rings. The highest BCUT2D eigenvalue weighted by atomic mass is 16.5. The van der Waals surface area contributed by atoms with Crippen molar-refractivity contribution in [3.63, 3.8) is 0 Å². The van der Waals surface area contributed by atoms with Gasteiger partial charge in [-0.05, 0) is 67.2 Å². The largest absolute Gasteiger partial charge is 0.496 e. The maximum Gasteiger partial charge on any atom is 0.251 e. The Morgan fingerprint density at radius 2 is 1.86 bits per heavy atom. The number of nitrogens with one attached hydrogen (secondary N) is 1. The van der Waals surface area contributed by atoms with E-state index in [1.807, 2.05) is 24.3 Å². The third-order valence-electron chi connectivity index (χ3n) is 5.31. The zero-order valence-corrected chi connectivity index (χ0v) is 16.7. The van der Waals surface area contributed by atoms with Gasteiger partial charge in [-0.1, -0.05) is 36.8 Å². The van der Waals surface area contributed by atoms with Crippen LogP contribution in [-0.4, -0.2) is 31.0 Å². The standard InChI is InChI=1S/C24H30N2O2/c1-3-9-19-16-20(12-13-23(19)28-2)24(27)25-17-21-10-5-6-11-22(21)18-26-14-7-4-8-15-26/h3,5-6,10-13,16H,1,4,7-9,14-15,17-18H2,2H3,(H,25,27). The second kappa shape index (κ2) is 10.1. The number of ether oxygens (including phenoxy) is 1. The van der Waals surface area contributed by atoms with Gasteiger partial charge >= 0.3 is 0 Å². The van der Waals surface area contributed by atoms with E-state index in [-0.39, 0.29) is 5.91 Å². The second-order valence-electron chi connectivity index (χ2n) is 7.31. The molecule has 1 heterocycles. The van der Waals surface area contributed by atoms with Crippen molar-refractivity contribution >= 4 is 5.91 Å². The lowest BCUT2D eigenvalue weighted by atomic mass is 10.0. The molecule has 0 unspecified atom stereocenters. The van der Waals surface area contributed by atoms with Crippen molar-refractivity contribution in [3.05, 3.63) is 77.4 Å². The fourth-order valence-corrected chi connectivity index (χ4v) is 3.76. The second-order valence-corrected chi connectivity index (χ2v) is 7.31. The number of rotatable bonds is 8. The van der Waals surface area contributed by atoms with Gasteiger partial charge in [-0.25, -0.2) is 0 Å². The topological polar surface area (TPSA) is 41.6 Å². The number of amides is 1. The summed E-state index contributed by atoms with van der Waals surface area (Å²) in [6, 6.07) is 13.9. The first-order valence-corrected chi connectivity index (χ1v) is 10.1.